The van der Waals surface area contributed by atoms with Crippen molar-refractivity contribution in [3.8, 4) is 0 Å². The zero-order chi connectivity index (χ0) is 12.4. The predicted octanol–water partition coefficient (Wildman–Crippen LogP) is 2.79. The van der Waals surface area contributed by atoms with E-state index in [1.54, 1.807) is 0 Å². The minimum Gasteiger partial charge on any atom is -0.397 e. The Hall–Kier alpha value is -1.97. The van der Waals surface area contributed by atoms with Gasteiger partial charge in [-0.1, -0.05) is 17.3 Å². The van der Waals surface area contributed by atoms with Crippen LogP contribution in [0.5, 0.6) is 0 Å². The van der Waals surface area contributed by atoms with Gasteiger partial charge < -0.3 is 15.6 Å². The summed E-state index contributed by atoms with van der Waals surface area (Å²) < 4.78 is 5.12. The summed E-state index contributed by atoms with van der Waals surface area (Å²) in [5.74, 6) is 0.849. The molecule has 3 N–H and O–H groups in total. The number of anilines is 2. The van der Waals surface area contributed by atoms with E-state index in [9.17, 15) is 0 Å². The highest BCUT2D eigenvalue weighted by Gasteiger charge is 2.09. The lowest BCUT2D eigenvalue weighted by Crippen LogP contribution is -2.05. The van der Waals surface area contributed by atoms with E-state index < -0.39 is 0 Å². The third-order valence-corrected chi connectivity index (χ3v) is 2.93. The first-order chi connectivity index (χ1) is 8.09. The van der Waals surface area contributed by atoms with Crippen molar-refractivity contribution in [3.05, 3.63) is 40.8 Å². The molecule has 0 bridgehead atoms. The van der Waals surface area contributed by atoms with E-state index in [2.05, 4.69) is 10.5 Å². The lowest BCUT2D eigenvalue weighted by atomic mass is 10.1. The number of nitrogens with zero attached hydrogens (tertiary/aromatic N) is 1. The first-order valence-electron chi connectivity index (χ1n) is 5.60. The number of para-hydroxylation sites is 1. The van der Waals surface area contributed by atoms with E-state index in [1.165, 1.54) is 0 Å². The van der Waals surface area contributed by atoms with Crippen LogP contribution in [0, 0.1) is 20.8 Å². The zero-order valence-electron chi connectivity index (χ0n) is 10.4. The Bertz CT molecular complexity index is 492. The molecule has 4 heteroatoms. The van der Waals surface area contributed by atoms with Crippen LogP contribution in [0.1, 0.15) is 22.6 Å². The number of hydrogen-bond acceptors (Lipinski definition) is 4. The van der Waals surface area contributed by atoms with E-state index >= 15 is 0 Å². The molecule has 2 aromatic rings. The number of nitrogens with one attached hydrogen (secondary N) is 1. The van der Waals surface area contributed by atoms with E-state index in [0.29, 0.717) is 6.54 Å². The standard InChI is InChI=1S/C13H17N3O/c1-8-5-4-6-12(14)13(8)15-7-11-9(2)16-17-10(11)3/h4-6,15H,7,14H2,1-3H3. The van der Waals surface area contributed by atoms with Crippen LogP contribution in [-0.2, 0) is 6.54 Å². The van der Waals surface area contributed by atoms with Crippen LogP contribution in [0.3, 0.4) is 0 Å². The van der Waals surface area contributed by atoms with Gasteiger partial charge in [0.05, 0.1) is 17.1 Å². The molecule has 0 unspecified atom stereocenters. The van der Waals surface area contributed by atoms with E-state index in [0.717, 1.165) is 34.0 Å². The van der Waals surface area contributed by atoms with Crippen LogP contribution in [0.15, 0.2) is 22.7 Å². The summed E-state index contributed by atoms with van der Waals surface area (Å²) in [4.78, 5) is 0. The van der Waals surface area contributed by atoms with Gasteiger partial charge in [0.2, 0.25) is 0 Å². The molecule has 17 heavy (non-hydrogen) atoms. The second kappa shape index (κ2) is 4.49. The van der Waals surface area contributed by atoms with Gasteiger partial charge in [0.15, 0.2) is 0 Å². The van der Waals surface area contributed by atoms with Gasteiger partial charge in [-0.3, -0.25) is 0 Å². The SMILES string of the molecule is Cc1cccc(N)c1NCc1c(C)noc1C. The Morgan fingerprint density at radius 2 is 2.06 bits per heavy atom. The maximum Gasteiger partial charge on any atom is 0.138 e. The third kappa shape index (κ3) is 2.25. The van der Waals surface area contributed by atoms with Gasteiger partial charge >= 0.3 is 0 Å². The Morgan fingerprint density at radius 1 is 1.29 bits per heavy atom. The zero-order valence-corrected chi connectivity index (χ0v) is 10.4. The van der Waals surface area contributed by atoms with Crippen molar-refractivity contribution in [2.45, 2.75) is 27.3 Å². The summed E-state index contributed by atoms with van der Waals surface area (Å²) >= 11 is 0. The molecule has 0 fully saturated rings. The summed E-state index contributed by atoms with van der Waals surface area (Å²) in [7, 11) is 0. The van der Waals surface area contributed by atoms with Gasteiger partial charge in [0.1, 0.15) is 5.76 Å². The van der Waals surface area contributed by atoms with Gasteiger partial charge in [-0.25, -0.2) is 0 Å². The molecule has 1 aromatic heterocycles. The van der Waals surface area contributed by atoms with Crippen molar-refractivity contribution in [1.82, 2.24) is 5.16 Å². The molecule has 0 amide bonds. The van der Waals surface area contributed by atoms with Crippen molar-refractivity contribution in [1.29, 1.82) is 0 Å². The molecule has 0 aliphatic heterocycles. The number of aromatic nitrogens is 1. The summed E-state index contributed by atoms with van der Waals surface area (Å²) in [5.41, 5.74) is 10.8. The van der Waals surface area contributed by atoms with E-state index in [4.69, 9.17) is 10.3 Å². The molecule has 90 valence electrons. The highest BCUT2D eigenvalue weighted by atomic mass is 16.5. The highest BCUT2D eigenvalue weighted by molar-refractivity contribution is 5.69. The molecule has 0 aliphatic carbocycles. The molecule has 1 aromatic carbocycles. The maximum absolute atomic E-state index is 5.94. The van der Waals surface area contributed by atoms with Gasteiger partial charge in [0, 0.05) is 12.1 Å². The topological polar surface area (TPSA) is 64.1 Å². The summed E-state index contributed by atoms with van der Waals surface area (Å²) in [6.07, 6.45) is 0. The average molecular weight is 231 g/mol. The Morgan fingerprint density at radius 3 is 2.65 bits per heavy atom. The molecule has 0 radical (unpaired) electrons. The minimum absolute atomic E-state index is 0.677. The smallest absolute Gasteiger partial charge is 0.138 e. The number of nitrogens with two attached hydrogens (primary N) is 1. The van der Waals surface area contributed by atoms with Crippen LogP contribution < -0.4 is 11.1 Å². The van der Waals surface area contributed by atoms with Gasteiger partial charge in [-0.15, -0.1) is 0 Å². The summed E-state index contributed by atoms with van der Waals surface area (Å²) in [5, 5.41) is 7.27. The van der Waals surface area contributed by atoms with Crippen LogP contribution >= 0.6 is 0 Å². The lowest BCUT2D eigenvalue weighted by Gasteiger charge is -2.11. The summed E-state index contributed by atoms with van der Waals surface area (Å²) in [6.45, 7) is 6.56. The molecule has 4 nitrogen and oxygen atoms in total. The lowest BCUT2D eigenvalue weighted by molar-refractivity contribution is 0.392. The third-order valence-electron chi connectivity index (χ3n) is 2.93. The molecule has 0 aliphatic rings. The van der Waals surface area contributed by atoms with Gasteiger partial charge in [0.25, 0.3) is 0 Å². The fourth-order valence-corrected chi connectivity index (χ4v) is 1.86. The fraction of sp³-hybridized carbons (Fsp3) is 0.308. The van der Waals surface area contributed by atoms with Crippen molar-refractivity contribution >= 4 is 11.4 Å². The average Bonchev–Trinajstić information content (AvgIpc) is 2.59. The molecule has 0 atom stereocenters. The Labute approximate surface area is 101 Å². The largest absolute Gasteiger partial charge is 0.397 e. The first-order valence-corrected chi connectivity index (χ1v) is 5.60. The second-order valence-corrected chi connectivity index (χ2v) is 4.20. The molecule has 2 rings (SSSR count). The van der Waals surface area contributed by atoms with E-state index in [1.807, 2.05) is 39.0 Å². The molecule has 1 heterocycles. The normalized spacial score (nSPS) is 10.5. The molecule has 0 saturated heterocycles. The Kier molecular flexibility index (Phi) is 3.04. The van der Waals surface area contributed by atoms with Crippen LogP contribution in [-0.4, -0.2) is 5.16 Å². The first kappa shape index (κ1) is 11.5. The van der Waals surface area contributed by atoms with Crippen LogP contribution in [0.2, 0.25) is 0 Å². The monoisotopic (exact) mass is 231 g/mol. The number of benzene rings is 1. The Balaban J connectivity index is 2.18. The summed E-state index contributed by atoms with van der Waals surface area (Å²) in [6, 6.07) is 5.88. The fourth-order valence-electron chi connectivity index (χ4n) is 1.86. The van der Waals surface area contributed by atoms with Gasteiger partial charge in [-0.2, -0.15) is 0 Å². The maximum atomic E-state index is 5.94. The van der Waals surface area contributed by atoms with Crippen molar-refractivity contribution in [2.24, 2.45) is 0 Å². The number of rotatable bonds is 3. The predicted molar refractivity (Wildman–Crippen MR) is 68.9 cm³/mol. The molecule has 0 spiro atoms. The number of hydrogen-bond donors (Lipinski definition) is 2. The molecular formula is C13H17N3O. The van der Waals surface area contributed by atoms with Gasteiger partial charge in [-0.05, 0) is 32.4 Å². The van der Waals surface area contributed by atoms with Crippen LogP contribution in [0.4, 0.5) is 11.4 Å². The van der Waals surface area contributed by atoms with E-state index in [-0.39, 0.29) is 0 Å². The second-order valence-electron chi connectivity index (χ2n) is 4.20. The highest BCUT2D eigenvalue weighted by Crippen LogP contribution is 2.24. The van der Waals surface area contributed by atoms with Crippen molar-refractivity contribution in [3.63, 3.8) is 0 Å². The molecule has 0 saturated carbocycles. The van der Waals surface area contributed by atoms with Crippen LogP contribution in [0.25, 0.3) is 0 Å². The number of aryl methyl sites for hydroxylation is 3. The minimum atomic E-state index is 0.677. The van der Waals surface area contributed by atoms with Crippen molar-refractivity contribution < 1.29 is 4.52 Å². The number of nitrogen functional groups attached to an aromatic ring is 1. The quantitative estimate of drug-likeness (QED) is 0.797. The molecular weight excluding hydrogens is 214 g/mol. The van der Waals surface area contributed by atoms with Crippen molar-refractivity contribution in [2.75, 3.05) is 11.1 Å².